The monoisotopic (exact) mass is 505 g/mol. The number of nitrogens with zero attached hydrogens (tertiary/aromatic N) is 5. The summed E-state index contributed by atoms with van der Waals surface area (Å²) >= 11 is 1.84. The van der Waals surface area contributed by atoms with Gasteiger partial charge in [0.15, 0.2) is 0 Å². The van der Waals surface area contributed by atoms with Crippen molar-refractivity contribution in [1.82, 2.24) is 35.0 Å². The molecule has 7 rings (SSSR count). The Hall–Kier alpha value is -3.88. The minimum absolute atomic E-state index is 0.794. The first-order valence-corrected chi connectivity index (χ1v) is 13.7. The fourth-order valence-electron chi connectivity index (χ4n) is 5.24. The number of aryl methyl sites for hydroxylation is 1. The van der Waals surface area contributed by atoms with Gasteiger partial charge >= 0.3 is 0 Å². The van der Waals surface area contributed by atoms with Gasteiger partial charge in [-0.15, -0.1) is 11.3 Å². The minimum atomic E-state index is 0.794. The summed E-state index contributed by atoms with van der Waals surface area (Å²) in [5.74, 6) is 0. The van der Waals surface area contributed by atoms with E-state index in [1.54, 1.807) is 0 Å². The standard InChI is InChI=1S/C29H27N7S/c1-2-20-5-8-26(37-20)21-9-10-31-29-22(21)14-25(33-29)28-27-24(34-35-28)7-6-23(32-27)19-13-18(15-30-16-19)17-36-11-3-4-12-36/h5-10,13-16H,2-4,11-12,17H2,1H3,(H,31,33)(H,34,35). The maximum Gasteiger partial charge on any atom is 0.138 e. The lowest BCUT2D eigenvalue weighted by atomic mass is 10.1. The van der Waals surface area contributed by atoms with Crippen molar-refractivity contribution in [3.63, 3.8) is 0 Å². The first-order valence-electron chi connectivity index (χ1n) is 12.8. The molecule has 7 nitrogen and oxygen atoms in total. The highest BCUT2D eigenvalue weighted by Gasteiger charge is 2.17. The lowest BCUT2D eigenvalue weighted by molar-refractivity contribution is 0.331. The molecule has 0 aliphatic carbocycles. The number of aromatic amines is 2. The summed E-state index contributed by atoms with van der Waals surface area (Å²) in [7, 11) is 0. The SMILES string of the molecule is CCc1ccc(-c2ccnc3[nH]c(-c4n[nH]c5ccc(-c6cncc(CN7CCCC7)c6)nc45)cc23)s1. The topological polar surface area (TPSA) is 86.4 Å². The van der Waals surface area contributed by atoms with E-state index in [-0.39, 0.29) is 0 Å². The highest BCUT2D eigenvalue weighted by atomic mass is 32.1. The number of H-pyrrole nitrogens is 2. The molecule has 0 unspecified atom stereocenters. The van der Waals surface area contributed by atoms with Gasteiger partial charge < -0.3 is 4.98 Å². The van der Waals surface area contributed by atoms with Crippen molar-refractivity contribution >= 4 is 33.4 Å². The Kier molecular flexibility index (Phi) is 5.56. The van der Waals surface area contributed by atoms with Gasteiger partial charge in [-0.05, 0) is 80.4 Å². The molecule has 0 bridgehead atoms. The molecular formula is C29H27N7S. The Morgan fingerprint density at radius 1 is 1.03 bits per heavy atom. The van der Waals surface area contributed by atoms with E-state index in [0.29, 0.717) is 0 Å². The fraction of sp³-hybridized carbons (Fsp3) is 0.241. The number of likely N-dealkylation sites (tertiary alicyclic amines) is 1. The molecule has 1 aliphatic rings. The van der Waals surface area contributed by atoms with Crippen LogP contribution in [0.1, 0.15) is 30.2 Å². The van der Waals surface area contributed by atoms with Gasteiger partial charge in [0.05, 0.1) is 16.9 Å². The Morgan fingerprint density at radius 3 is 2.81 bits per heavy atom. The Morgan fingerprint density at radius 2 is 1.95 bits per heavy atom. The van der Waals surface area contributed by atoms with Crippen LogP contribution < -0.4 is 0 Å². The lowest BCUT2D eigenvalue weighted by Gasteiger charge is -2.14. The third-order valence-corrected chi connectivity index (χ3v) is 8.43. The Bertz CT molecular complexity index is 1720. The van der Waals surface area contributed by atoms with Crippen LogP contribution in [0.2, 0.25) is 0 Å². The number of aromatic nitrogens is 6. The number of hydrogen-bond acceptors (Lipinski definition) is 6. The number of pyridine rings is 3. The Labute approximate surface area is 218 Å². The van der Waals surface area contributed by atoms with E-state index >= 15 is 0 Å². The van der Waals surface area contributed by atoms with Crippen LogP contribution >= 0.6 is 11.3 Å². The van der Waals surface area contributed by atoms with Crippen LogP contribution in [0, 0.1) is 0 Å². The van der Waals surface area contributed by atoms with Crippen molar-refractivity contribution < 1.29 is 0 Å². The maximum atomic E-state index is 5.03. The highest BCUT2D eigenvalue weighted by molar-refractivity contribution is 7.15. The summed E-state index contributed by atoms with van der Waals surface area (Å²) < 4.78 is 0. The third-order valence-electron chi connectivity index (χ3n) is 7.17. The van der Waals surface area contributed by atoms with E-state index in [2.05, 4.69) is 67.3 Å². The molecule has 1 fully saturated rings. The molecule has 0 aromatic carbocycles. The molecule has 8 heteroatoms. The molecule has 0 saturated carbocycles. The molecule has 0 spiro atoms. The van der Waals surface area contributed by atoms with Crippen molar-refractivity contribution in [2.45, 2.75) is 32.7 Å². The minimum Gasteiger partial charge on any atom is -0.338 e. The van der Waals surface area contributed by atoms with Crippen LogP contribution in [-0.4, -0.2) is 48.1 Å². The van der Waals surface area contributed by atoms with Crippen LogP contribution in [0.15, 0.2) is 61.1 Å². The van der Waals surface area contributed by atoms with Crippen molar-refractivity contribution in [3.05, 3.63) is 71.5 Å². The van der Waals surface area contributed by atoms with Gasteiger partial charge in [0, 0.05) is 51.4 Å². The molecule has 37 heavy (non-hydrogen) atoms. The predicted molar refractivity (Wildman–Crippen MR) is 149 cm³/mol. The average Bonchev–Trinajstić information content (AvgIpc) is 3.74. The second-order valence-electron chi connectivity index (χ2n) is 9.65. The van der Waals surface area contributed by atoms with Crippen molar-refractivity contribution in [3.8, 4) is 33.1 Å². The number of nitrogens with one attached hydrogen (secondary N) is 2. The summed E-state index contributed by atoms with van der Waals surface area (Å²) in [6.45, 7) is 5.46. The average molecular weight is 506 g/mol. The lowest BCUT2D eigenvalue weighted by Crippen LogP contribution is -2.18. The molecule has 1 aliphatic heterocycles. The number of rotatable bonds is 6. The first kappa shape index (κ1) is 22.3. The van der Waals surface area contributed by atoms with E-state index in [9.17, 15) is 0 Å². The van der Waals surface area contributed by atoms with Crippen molar-refractivity contribution in [2.24, 2.45) is 0 Å². The molecule has 0 amide bonds. The normalized spacial score (nSPS) is 14.3. The molecule has 1 saturated heterocycles. The van der Waals surface area contributed by atoms with E-state index < -0.39 is 0 Å². The van der Waals surface area contributed by atoms with Gasteiger partial charge in [-0.3, -0.25) is 15.0 Å². The van der Waals surface area contributed by atoms with Gasteiger partial charge in [-0.1, -0.05) is 6.92 Å². The van der Waals surface area contributed by atoms with Gasteiger partial charge in [-0.2, -0.15) is 5.10 Å². The molecule has 0 atom stereocenters. The number of thiophene rings is 1. The first-order chi connectivity index (χ1) is 18.2. The van der Waals surface area contributed by atoms with Crippen LogP contribution in [-0.2, 0) is 13.0 Å². The van der Waals surface area contributed by atoms with Crippen LogP contribution in [0.3, 0.4) is 0 Å². The van der Waals surface area contributed by atoms with E-state index in [0.717, 1.165) is 57.7 Å². The molecule has 7 heterocycles. The zero-order valence-electron chi connectivity index (χ0n) is 20.7. The van der Waals surface area contributed by atoms with Gasteiger partial charge in [0.25, 0.3) is 0 Å². The summed E-state index contributed by atoms with van der Waals surface area (Å²) in [6, 6.07) is 14.9. The molecular weight excluding hydrogens is 478 g/mol. The van der Waals surface area contributed by atoms with Gasteiger partial charge in [0.2, 0.25) is 0 Å². The fourth-order valence-corrected chi connectivity index (χ4v) is 6.23. The highest BCUT2D eigenvalue weighted by Crippen LogP contribution is 2.36. The van der Waals surface area contributed by atoms with Crippen molar-refractivity contribution in [1.29, 1.82) is 0 Å². The predicted octanol–water partition coefficient (Wildman–Crippen LogP) is 6.45. The second kappa shape index (κ2) is 9.21. The third kappa shape index (κ3) is 4.12. The zero-order valence-corrected chi connectivity index (χ0v) is 21.5. The van der Waals surface area contributed by atoms with Gasteiger partial charge in [-0.25, -0.2) is 9.97 Å². The van der Waals surface area contributed by atoms with E-state index in [1.165, 1.54) is 46.8 Å². The molecule has 6 aromatic heterocycles. The van der Waals surface area contributed by atoms with Crippen LogP contribution in [0.4, 0.5) is 0 Å². The van der Waals surface area contributed by atoms with Crippen LogP contribution in [0.25, 0.3) is 55.2 Å². The molecule has 0 radical (unpaired) electrons. The largest absolute Gasteiger partial charge is 0.338 e. The Balaban J connectivity index is 1.27. The van der Waals surface area contributed by atoms with E-state index in [4.69, 9.17) is 4.98 Å². The van der Waals surface area contributed by atoms with E-state index in [1.807, 2.05) is 42.1 Å². The molecule has 184 valence electrons. The zero-order chi connectivity index (χ0) is 24.8. The second-order valence-corrected chi connectivity index (χ2v) is 10.8. The number of hydrogen-bond donors (Lipinski definition) is 2. The molecule has 6 aromatic rings. The van der Waals surface area contributed by atoms with Crippen LogP contribution in [0.5, 0.6) is 0 Å². The summed E-state index contributed by atoms with van der Waals surface area (Å²) in [6.07, 6.45) is 9.34. The summed E-state index contributed by atoms with van der Waals surface area (Å²) in [4.78, 5) is 22.8. The summed E-state index contributed by atoms with van der Waals surface area (Å²) in [5, 5.41) is 8.88. The molecule has 2 N–H and O–H groups in total. The maximum absolute atomic E-state index is 5.03. The van der Waals surface area contributed by atoms with Gasteiger partial charge in [0.1, 0.15) is 16.9 Å². The summed E-state index contributed by atoms with van der Waals surface area (Å²) in [5.41, 5.74) is 8.61. The smallest absolute Gasteiger partial charge is 0.138 e. The van der Waals surface area contributed by atoms with Crippen molar-refractivity contribution in [2.75, 3.05) is 13.1 Å². The quantitative estimate of drug-likeness (QED) is 0.272. The number of fused-ring (bicyclic) bond motifs is 2.